The maximum atomic E-state index is 12.7. The van der Waals surface area contributed by atoms with E-state index in [-0.39, 0.29) is 17.5 Å². The van der Waals surface area contributed by atoms with Crippen molar-refractivity contribution >= 4 is 11.9 Å². The summed E-state index contributed by atoms with van der Waals surface area (Å²) < 4.78 is 0. The standard InChI is InChI=1S/C18H16N4O3/c19-8-12-3-2-6-22(11-12)17(23)14-5-1-4-13(7-14)15-9-20-10-16(21-15)18(24)25/h1,4-5,7,9-10,12H,2-3,6,11H2,(H,24,25). The minimum Gasteiger partial charge on any atom is -0.476 e. The van der Waals surface area contributed by atoms with Gasteiger partial charge in [-0.2, -0.15) is 5.26 Å². The van der Waals surface area contributed by atoms with Crippen molar-refractivity contribution in [3.63, 3.8) is 0 Å². The van der Waals surface area contributed by atoms with Crippen molar-refractivity contribution in [3.8, 4) is 17.3 Å². The molecule has 0 saturated carbocycles. The third-order valence-corrected chi connectivity index (χ3v) is 4.15. The van der Waals surface area contributed by atoms with Crippen LogP contribution >= 0.6 is 0 Å². The molecule has 1 aliphatic heterocycles. The van der Waals surface area contributed by atoms with Crippen LogP contribution in [-0.4, -0.2) is 44.9 Å². The fourth-order valence-corrected chi connectivity index (χ4v) is 2.87. The first kappa shape index (κ1) is 16.6. The molecule has 1 amide bonds. The zero-order valence-corrected chi connectivity index (χ0v) is 13.4. The number of hydrogen-bond acceptors (Lipinski definition) is 5. The van der Waals surface area contributed by atoms with E-state index < -0.39 is 5.97 Å². The van der Waals surface area contributed by atoms with Crippen LogP contribution in [0.25, 0.3) is 11.3 Å². The molecule has 1 aromatic heterocycles. The number of nitriles is 1. The third-order valence-electron chi connectivity index (χ3n) is 4.15. The number of benzene rings is 1. The minimum absolute atomic E-state index is 0.126. The largest absolute Gasteiger partial charge is 0.476 e. The average molecular weight is 336 g/mol. The summed E-state index contributed by atoms with van der Waals surface area (Å²) in [6.07, 6.45) is 4.27. The molecular formula is C18H16N4O3. The van der Waals surface area contributed by atoms with Crippen molar-refractivity contribution in [3.05, 3.63) is 47.9 Å². The van der Waals surface area contributed by atoms with Crippen LogP contribution in [0.4, 0.5) is 0 Å². The van der Waals surface area contributed by atoms with Crippen molar-refractivity contribution in [1.82, 2.24) is 14.9 Å². The van der Waals surface area contributed by atoms with Gasteiger partial charge in [0.25, 0.3) is 5.91 Å². The number of likely N-dealkylation sites (tertiary alicyclic amines) is 1. The predicted molar refractivity (Wildman–Crippen MR) is 88.7 cm³/mol. The Balaban J connectivity index is 1.86. The summed E-state index contributed by atoms with van der Waals surface area (Å²) in [6.45, 7) is 1.07. The van der Waals surface area contributed by atoms with Crippen molar-refractivity contribution < 1.29 is 14.7 Å². The predicted octanol–water partition coefficient (Wildman–Crippen LogP) is 2.22. The van der Waals surface area contributed by atoms with Crippen LogP contribution in [0, 0.1) is 17.2 Å². The lowest BCUT2D eigenvalue weighted by Gasteiger charge is -2.29. The highest BCUT2D eigenvalue weighted by Gasteiger charge is 2.24. The van der Waals surface area contributed by atoms with E-state index in [0.717, 1.165) is 12.8 Å². The number of carboxylic acids is 1. The molecule has 25 heavy (non-hydrogen) atoms. The molecule has 1 aliphatic rings. The molecule has 0 radical (unpaired) electrons. The summed E-state index contributed by atoms with van der Waals surface area (Å²) in [4.78, 5) is 33.4. The molecule has 3 rings (SSSR count). The van der Waals surface area contributed by atoms with Gasteiger partial charge in [-0.3, -0.25) is 9.78 Å². The Labute approximate surface area is 144 Å². The van der Waals surface area contributed by atoms with Gasteiger partial charge in [0, 0.05) is 24.2 Å². The first-order valence-electron chi connectivity index (χ1n) is 7.93. The molecule has 0 bridgehead atoms. The smallest absolute Gasteiger partial charge is 0.356 e. The van der Waals surface area contributed by atoms with Gasteiger partial charge in [-0.1, -0.05) is 12.1 Å². The highest BCUT2D eigenvalue weighted by molar-refractivity contribution is 5.95. The number of piperidine rings is 1. The fourth-order valence-electron chi connectivity index (χ4n) is 2.87. The first-order chi connectivity index (χ1) is 12.1. The highest BCUT2D eigenvalue weighted by atomic mass is 16.4. The van der Waals surface area contributed by atoms with Gasteiger partial charge in [0.05, 0.1) is 30.1 Å². The van der Waals surface area contributed by atoms with Gasteiger partial charge in [0.2, 0.25) is 0 Å². The van der Waals surface area contributed by atoms with E-state index in [4.69, 9.17) is 10.4 Å². The zero-order chi connectivity index (χ0) is 17.8. The second-order valence-corrected chi connectivity index (χ2v) is 5.89. The van der Waals surface area contributed by atoms with E-state index >= 15 is 0 Å². The molecule has 2 aromatic rings. The maximum Gasteiger partial charge on any atom is 0.356 e. The molecule has 1 N–H and O–H groups in total. The van der Waals surface area contributed by atoms with E-state index in [0.29, 0.717) is 29.9 Å². The molecule has 0 spiro atoms. The summed E-state index contributed by atoms with van der Waals surface area (Å²) in [5, 5.41) is 18.1. The fraction of sp³-hybridized carbons (Fsp3) is 0.278. The van der Waals surface area contributed by atoms with Gasteiger partial charge in [0.15, 0.2) is 5.69 Å². The summed E-state index contributed by atoms with van der Waals surface area (Å²) >= 11 is 0. The molecule has 1 fully saturated rings. The normalized spacial score (nSPS) is 16.9. The number of hydrogen-bond donors (Lipinski definition) is 1. The van der Waals surface area contributed by atoms with Crippen LogP contribution in [0.2, 0.25) is 0 Å². The second kappa shape index (κ2) is 7.09. The number of aromatic nitrogens is 2. The Morgan fingerprint density at radius 2 is 2.16 bits per heavy atom. The Morgan fingerprint density at radius 1 is 1.32 bits per heavy atom. The van der Waals surface area contributed by atoms with Gasteiger partial charge < -0.3 is 10.0 Å². The lowest BCUT2D eigenvalue weighted by Crippen LogP contribution is -2.39. The lowest BCUT2D eigenvalue weighted by molar-refractivity contribution is 0.0684. The van der Waals surface area contributed by atoms with Gasteiger partial charge >= 0.3 is 5.97 Å². The summed E-state index contributed by atoms with van der Waals surface area (Å²) in [5.74, 6) is -1.42. The molecule has 126 valence electrons. The van der Waals surface area contributed by atoms with Crippen LogP contribution in [0.3, 0.4) is 0 Å². The minimum atomic E-state index is -1.16. The van der Waals surface area contributed by atoms with Crippen molar-refractivity contribution in [2.45, 2.75) is 12.8 Å². The number of nitrogens with zero attached hydrogens (tertiary/aromatic N) is 4. The van der Waals surface area contributed by atoms with Crippen molar-refractivity contribution in [1.29, 1.82) is 5.26 Å². The highest BCUT2D eigenvalue weighted by Crippen LogP contribution is 2.21. The third kappa shape index (κ3) is 3.63. The number of rotatable bonds is 3. The van der Waals surface area contributed by atoms with E-state index in [9.17, 15) is 9.59 Å². The second-order valence-electron chi connectivity index (χ2n) is 5.89. The van der Waals surface area contributed by atoms with Gasteiger partial charge in [-0.05, 0) is 25.0 Å². The molecule has 0 aliphatic carbocycles. The van der Waals surface area contributed by atoms with Gasteiger partial charge in [-0.25, -0.2) is 9.78 Å². The van der Waals surface area contributed by atoms with Crippen LogP contribution in [0.5, 0.6) is 0 Å². The number of amides is 1. The van der Waals surface area contributed by atoms with E-state index in [1.807, 2.05) is 0 Å². The Kier molecular flexibility index (Phi) is 4.70. The molecule has 7 nitrogen and oxygen atoms in total. The Hall–Kier alpha value is -3.27. The average Bonchev–Trinajstić information content (AvgIpc) is 2.67. The molecule has 1 unspecified atom stereocenters. The van der Waals surface area contributed by atoms with Gasteiger partial charge in [0.1, 0.15) is 0 Å². The Morgan fingerprint density at radius 3 is 2.92 bits per heavy atom. The van der Waals surface area contributed by atoms with Crippen LogP contribution in [-0.2, 0) is 0 Å². The monoisotopic (exact) mass is 336 g/mol. The van der Waals surface area contributed by atoms with E-state index in [2.05, 4.69) is 16.0 Å². The van der Waals surface area contributed by atoms with Crippen molar-refractivity contribution in [2.75, 3.05) is 13.1 Å². The van der Waals surface area contributed by atoms with Crippen LogP contribution in [0.15, 0.2) is 36.7 Å². The van der Waals surface area contributed by atoms with Crippen LogP contribution in [0.1, 0.15) is 33.7 Å². The molecule has 1 aromatic carbocycles. The quantitative estimate of drug-likeness (QED) is 0.921. The maximum absolute atomic E-state index is 12.7. The van der Waals surface area contributed by atoms with Crippen molar-refractivity contribution in [2.24, 2.45) is 5.92 Å². The number of carbonyl (C=O) groups is 2. The summed E-state index contributed by atoms with van der Waals surface area (Å²) in [7, 11) is 0. The molecule has 1 saturated heterocycles. The SMILES string of the molecule is N#CC1CCCN(C(=O)c2cccc(-c3cncc(C(=O)O)n3)c2)C1. The summed E-state index contributed by atoms with van der Waals surface area (Å²) in [6, 6.07) is 9.08. The first-order valence-corrected chi connectivity index (χ1v) is 7.93. The number of aromatic carboxylic acids is 1. The topological polar surface area (TPSA) is 107 Å². The zero-order valence-electron chi connectivity index (χ0n) is 13.4. The molecule has 2 heterocycles. The molecule has 1 atom stereocenters. The summed E-state index contributed by atoms with van der Waals surface area (Å²) in [5.41, 5.74) is 1.35. The van der Waals surface area contributed by atoms with Gasteiger partial charge in [-0.15, -0.1) is 0 Å². The molecule has 7 heteroatoms. The lowest BCUT2D eigenvalue weighted by atomic mass is 9.98. The van der Waals surface area contributed by atoms with E-state index in [1.54, 1.807) is 29.2 Å². The number of carboxylic acid groups (broad SMARTS) is 1. The van der Waals surface area contributed by atoms with Crippen LogP contribution < -0.4 is 0 Å². The van der Waals surface area contributed by atoms with E-state index in [1.165, 1.54) is 12.4 Å². The molecular weight excluding hydrogens is 320 g/mol. The number of carbonyl (C=O) groups excluding carboxylic acids is 1. The Bertz CT molecular complexity index is 859.